The third kappa shape index (κ3) is 2.39. The molecule has 17 heavy (non-hydrogen) atoms. The van der Waals surface area contributed by atoms with Gasteiger partial charge in [-0.15, -0.1) is 0 Å². The Bertz CT molecular complexity index is 395. The summed E-state index contributed by atoms with van der Waals surface area (Å²) in [7, 11) is -0.521. The molecule has 2 aliphatic carbocycles. The fourth-order valence-electron chi connectivity index (χ4n) is 3.73. The van der Waals surface area contributed by atoms with Crippen LogP contribution in [0.5, 0.6) is 0 Å². The normalized spacial score (nSPS) is 31.9. The molecule has 1 aromatic carbocycles. The van der Waals surface area contributed by atoms with Gasteiger partial charge in [-0.1, -0.05) is 55.1 Å². The van der Waals surface area contributed by atoms with Crippen LogP contribution in [-0.4, -0.2) is 8.80 Å². The van der Waals surface area contributed by atoms with E-state index in [4.69, 9.17) is 0 Å². The molecule has 2 aliphatic rings. The van der Waals surface area contributed by atoms with E-state index in [0.717, 1.165) is 17.4 Å². The fourth-order valence-corrected chi connectivity index (χ4v) is 6.89. The molecule has 0 saturated heterocycles. The van der Waals surface area contributed by atoms with Crippen molar-refractivity contribution in [3.8, 4) is 0 Å². The van der Waals surface area contributed by atoms with E-state index in [0.29, 0.717) is 0 Å². The number of hydrogen-bond donors (Lipinski definition) is 0. The van der Waals surface area contributed by atoms with Crippen molar-refractivity contribution < 1.29 is 0 Å². The van der Waals surface area contributed by atoms with Gasteiger partial charge in [-0.3, -0.25) is 0 Å². The minimum absolute atomic E-state index is 0.521. The highest BCUT2D eigenvalue weighted by Crippen LogP contribution is 2.49. The molecule has 0 N–H and O–H groups in total. The van der Waals surface area contributed by atoms with Crippen LogP contribution in [0, 0.1) is 11.8 Å². The second-order valence-electron chi connectivity index (χ2n) is 5.95. The molecule has 4 atom stereocenters. The van der Waals surface area contributed by atoms with Crippen molar-refractivity contribution in [2.75, 3.05) is 0 Å². The first-order valence-electron chi connectivity index (χ1n) is 7.05. The van der Waals surface area contributed by atoms with E-state index in [1.807, 2.05) is 0 Å². The van der Waals surface area contributed by atoms with Gasteiger partial charge in [-0.2, -0.15) is 0 Å². The second kappa shape index (κ2) is 4.81. The Balaban J connectivity index is 1.54. The van der Waals surface area contributed by atoms with Crippen molar-refractivity contribution in [3.63, 3.8) is 0 Å². The highest BCUT2D eigenvalue weighted by atomic mass is 28.3. The molecular weight excluding hydrogens is 220 g/mol. The van der Waals surface area contributed by atoms with Gasteiger partial charge in [0.15, 0.2) is 0 Å². The van der Waals surface area contributed by atoms with Gasteiger partial charge >= 0.3 is 0 Å². The predicted octanol–water partition coefficient (Wildman–Crippen LogP) is 4.05. The third-order valence-electron chi connectivity index (χ3n) is 4.79. The Hall–Kier alpha value is -0.823. The standard InChI is InChI=1S/C16H22Si/c1-17(10-9-13-5-3-2-4-6-13)16-12-14-7-8-15(16)11-14/h2-8,14-17H,9-12H2,1H3. The maximum atomic E-state index is 2.60. The molecule has 0 nitrogen and oxygen atoms in total. The van der Waals surface area contributed by atoms with Crippen LogP contribution in [0.4, 0.5) is 0 Å². The summed E-state index contributed by atoms with van der Waals surface area (Å²) in [5, 5.41) is 0. The Morgan fingerprint density at radius 1 is 1.12 bits per heavy atom. The Kier molecular flexibility index (Phi) is 3.19. The Morgan fingerprint density at radius 2 is 1.94 bits per heavy atom. The molecule has 1 aromatic rings. The maximum absolute atomic E-state index is 2.60. The van der Waals surface area contributed by atoms with Gasteiger partial charge in [-0.05, 0) is 42.2 Å². The molecule has 90 valence electrons. The van der Waals surface area contributed by atoms with Crippen LogP contribution in [-0.2, 0) is 6.42 Å². The lowest BCUT2D eigenvalue weighted by atomic mass is 10.1. The molecule has 0 radical (unpaired) electrons. The zero-order chi connectivity index (χ0) is 11.7. The van der Waals surface area contributed by atoms with E-state index < -0.39 is 8.80 Å². The molecule has 4 unspecified atom stereocenters. The average molecular weight is 242 g/mol. The van der Waals surface area contributed by atoms with Crippen LogP contribution in [0.3, 0.4) is 0 Å². The minimum atomic E-state index is -0.521. The van der Waals surface area contributed by atoms with Crippen LogP contribution < -0.4 is 0 Å². The molecule has 0 amide bonds. The smallest absolute Gasteiger partial charge is 0.0378 e. The van der Waals surface area contributed by atoms with E-state index >= 15 is 0 Å². The van der Waals surface area contributed by atoms with Crippen molar-refractivity contribution in [3.05, 3.63) is 48.0 Å². The van der Waals surface area contributed by atoms with Crippen LogP contribution in [0.25, 0.3) is 0 Å². The van der Waals surface area contributed by atoms with E-state index in [9.17, 15) is 0 Å². The molecule has 0 spiro atoms. The fraction of sp³-hybridized carbons (Fsp3) is 0.500. The number of allylic oxidation sites excluding steroid dienone is 2. The summed E-state index contributed by atoms with van der Waals surface area (Å²) >= 11 is 0. The van der Waals surface area contributed by atoms with Crippen molar-refractivity contribution in [1.82, 2.24) is 0 Å². The molecule has 1 heteroatoms. The monoisotopic (exact) mass is 242 g/mol. The molecule has 2 bridgehead atoms. The summed E-state index contributed by atoms with van der Waals surface area (Å²) < 4.78 is 0. The lowest BCUT2D eigenvalue weighted by Crippen LogP contribution is -2.20. The molecule has 3 rings (SSSR count). The van der Waals surface area contributed by atoms with Gasteiger partial charge in [0.05, 0.1) is 0 Å². The van der Waals surface area contributed by atoms with Crippen LogP contribution in [0.2, 0.25) is 18.1 Å². The minimum Gasteiger partial charge on any atom is -0.0851 e. The first-order chi connectivity index (χ1) is 8.33. The van der Waals surface area contributed by atoms with E-state index in [1.165, 1.54) is 30.9 Å². The highest BCUT2D eigenvalue weighted by Gasteiger charge is 2.38. The topological polar surface area (TPSA) is 0 Å². The van der Waals surface area contributed by atoms with Gasteiger partial charge in [0.1, 0.15) is 0 Å². The lowest BCUT2D eigenvalue weighted by molar-refractivity contribution is 0.679. The first-order valence-corrected chi connectivity index (χ1v) is 9.69. The number of benzene rings is 1. The molecule has 0 aliphatic heterocycles. The summed E-state index contributed by atoms with van der Waals surface area (Å²) in [6.07, 6.45) is 9.30. The zero-order valence-electron chi connectivity index (χ0n) is 10.7. The van der Waals surface area contributed by atoms with Gasteiger partial charge in [0.25, 0.3) is 0 Å². The third-order valence-corrected chi connectivity index (χ3v) is 8.22. The number of hydrogen-bond acceptors (Lipinski definition) is 0. The van der Waals surface area contributed by atoms with Crippen LogP contribution >= 0.6 is 0 Å². The van der Waals surface area contributed by atoms with E-state index in [-0.39, 0.29) is 0 Å². The summed E-state index contributed by atoms with van der Waals surface area (Å²) in [5.41, 5.74) is 2.64. The SMILES string of the molecule is C[SiH](CCc1ccccc1)C1CC2C=CC1C2. The highest BCUT2D eigenvalue weighted by molar-refractivity contribution is 6.59. The van der Waals surface area contributed by atoms with Crippen molar-refractivity contribution >= 4 is 8.80 Å². The predicted molar refractivity (Wildman–Crippen MR) is 77.1 cm³/mol. The first kappa shape index (κ1) is 11.3. The number of aryl methyl sites for hydroxylation is 1. The largest absolute Gasteiger partial charge is 0.0851 e. The second-order valence-corrected chi connectivity index (χ2v) is 9.33. The van der Waals surface area contributed by atoms with Gasteiger partial charge < -0.3 is 0 Å². The summed E-state index contributed by atoms with van der Waals surface area (Å²) in [5.74, 6) is 1.93. The average Bonchev–Trinajstić information content (AvgIpc) is 2.99. The van der Waals surface area contributed by atoms with Crippen molar-refractivity contribution in [2.24, 2.45) is 11.8 Å². The summed E-state index contributed by atoms with van der Waals surface area (Å²) in [4.78, 5) is 0. The number of fused-ring (bicyclic) bond motifs is 2. The summed E-state index contributed by atoms with van der Waals surface area (Å²) in [6, 6.07) is 12.5. The summed E-state index contributed by atoms with van der Waals surface area (Å²) in [6.45, 7) is 2.60. The van der Waals surface area contributed by atoms with Crippen molar-refractivity contribution in [1.29, 1.82) is 0 Å². The van der Waals surface area contributed by atoms with Gasteiger partial charge in [0, 0.05) is 8.80 Å². The Morgan fingerprint density at radius 3 is 2.59 bits per heavy atom. The quantitative estimate of drug-likeness (QED) is 0.552. The zero-order valence-corrected chi connectivity index (χ0v) is 11.8. The lowest BCUT2D eigenvalue weighted by Gasteiger charge is -2.24. The molecular formula is C16H22Si. The number of rotatable bonds is 4. The van der Waals surface area contributed by atoms with Crippen LogP contribution in [0.1, 0.15) is 18.4 Å². The maximum Gasteiger partial charge on any atom is 0.0378 e. The van der Waals surface area contributed by atoms with Gasteiger partial charge in [0.2, 0.25) is 0 Å². The Labute approximate surface area is 106 Å². The molecule has 0 aromatic heterocycles. The molecule has 1 saturated carbocycles. The van der Waals surface area contributed by atoms with Gasteiger partial charge in [-0.25, -0.2) is 0 Å². The van der Waals surface area contributed by atoms with E-state index in [2.05, 4.69) is 49.0 Å². The van der Waals surface area contributed by atoms with E-state index in [1.54, 1.807) is 0 Å². The van der Waals surface area contributed by atoms with Crippen molar-refractivity contribution in [2.45, 2.75) is 37.4 Å². The molecule has 1 fully saturated rings. The van der Waals surface area contributed by atoms with Crippen LogP contribution in [0.15, 0.2) is 42.5 Å². The molecule has 0 heterocycles.